The first-order chi connectivity index (χ1) is 12.2. The maximum absolute atomic E-state index is 12.3. The zero-order valence-corrected chi connectivity index (χ0v) is 16.0. The first-order valence-corrected chi connectivity index (χ1v) is 9.74. The molecule has 2 unspecified atom stereocenters. The molecule has 26 heavy (non-hydrogen) atoms. The van der Waals surface area contributed by atoms with Crippen LogP contribution in [0.2, 0.25) is 0 Å². The number of aromatic nitrogens is 4. The van der Waals surface area contributed by atoms with Gasteiger partial charge in [-0.25, -0.2) is 15.0 Å². The highest BCUT2D eigenvalue weighted by atomic mass is 31.2. The van der Waals surface area contributed by atoms with E-state index in [2.05, 4.69) is 15.0 Å². The molecule has 0 aliphatic carbocycles. The van der Waals surface area contributed by atoms with Crippen LogP contribution in [0.5, 0.6) is 0 Å². The Bertz CT molecular complexity index is 841. The fourth-order valence-corrected chi connectivity index (χ4v) is 3.55. The average molecular weight is 386 g/mol. The van der Waals surface area contributed by atoms with Gasteiger partial charge in [0.15, 0.2) is 11.0 Å². The van der Waals surface area contributed by atoms with Crippen LogP contribution in [0.4, 0.5) is 0 Å². The summed E-state index contributed by atoms with van der Waals surface area (Å²) >= 11 is 0. The summed E-state index contributed by atoms with van der Waals surface area (Å²) in [4.78, 5) is 22.7. The van der Waals surface area contributed by atoms with E-state index in [1.807, 2.05) is 6.92 Å². The summed E-state index contributed by atoms with van der Waals surface area (Å²) in [5.41, 5.74) is 2.01. The number of methoxy groups -OCH3 is 1. The molecule has 10 nitrogen and oxygen atoms in total. The van der Waals surface area contributed by atoms with Crippen molar-refractivity contribution in [2.45, 2.75) is 51.0 Å². The monoisotopic (exact) mass is 386 g/mol. The molecule has 0 aromatic carbocycles. The Kier molecular flexibility index (Phi) is 5.17. The third kappa shape index (κ3) is 3.40. The zero-order valence-electron chi connectivity index (χ0n) is 15.1. The van der Waals surface area contributed by atoms with Gasteiger partial charge in [0.25, 0.3) is 0 Å². The van der Waals surface area contributed by atoms with Gasteiger partial charge in [0.05, 0.1) is 24.7 Å². The molecule has 11 heteroatoms. The van der Waals surface area contributed by atoms with Crippen LogP contribution in [-0.2, 0) is 18.6 Å². The quantitative estimate of drug-likeness (QED) is 0.707. The molecule has 0 spiro atoms. The van der Waals surface area contributed by atoms with Crippen molar-refractivity contribution in [1.82, 2.24) is 19.5 Å². The van der Waals surface area contributed by atoms with Crippen LogP contribution in [0.3, 0.4) is 0 Å². The largest absolute Gasteiger partial charge is 0.390 e. The molecule has 4 atom stereocenters. The highest BCUT2D eigenvalue weighted by molar-refractivity contribution is 7.54. The number of hydrogen-bond donors (Lipinski definition) is 2. The molecule has 3 rings (SSSR count). The van der Waals surface area contributed by atoms with Crippen LogP contribution in [-0.4, -0.2) is 60.8 Å². The maximum Gasteiger partial charge on any atom is 0.359 e. The number of rotatable bonds is 6. The van der Waals surface area contributed by atoms with Crippen molar-refractivity contribution >= 4 is 18.8 Å². The van der Waals surface area contributed by atoms with Crippen molar-refractivity contribution in [3.8, 4) is 0 Å². The number of aliphatic hydroxyl groups is 1. The molecule has 0 saturated carbocycles. The van der Waals surface area contributed by atoms with Crippen LogP contribution in [0.1, 0.15) is 32.2 Å². The normalized spacial score (nSPS) is 26.3. The molecular weight excluding hydrogens is 363 g/mol. The van der Waals surface area contributed by atoms with Crippen molar-refractivity contribution in [3.05, 3.63) is 18.3 Å². The molecule has 1 aliphatic rings. The number of hydrogen-bond acceptors (Lipinski definition) is 8. The first kappa shape index (κ1) is 19.3. The summed E-state index contributed by atoms with van der Waals surface area (Å²) in [7, 11) is -2.72. The van der Waals surface area contributed by atoms with E-state index in [1.165, 1.54) is 27.3 Å². The van der Waals surface area contributed by atoms with Gasteiger partial charge in [-0.3, -0.25) is 9.13 Å². The van der Waals surface area contributed by atoms with Gasteiger partial charge in [-0.05, 0) is 20.8 Å². The Morgan fingerprint density at radius 3 is 2.85 bits per heavy atom. The van der Waals surface area contributed by atoms with Gasteiger partial charge in [0.1, 0.15) is 24.2 Å². The lowest BCUT2D eigenvalue weighted by Crippen LogP contribution is -2.30. The third-order valence-corrected chi connectivity index (χ3v) is 6.69. The molecular formula is C15H23N4O6P. The summed E-state index contributed by atoms with van der Waals surface area (Å²) < 4.78 is 30.0. The summed E-state index contributed by atoms with van der Waals surface area (Å²) in [6.07, 6.45) is 1.19. The van der Waals surface area contributed by atoms with Gasteiger partial charge in [-0.2, -0.15) is 0 Å². The molecule has 2 aromatic heterocycles. The smallest absolute Gasteiger partial charge is 0.359 e. The highest BCUT2D eigenvalue weighted by Gasteiger charge is 2.43. The standard InChI is InChI=1S/C15H23N4O6P/c1-9-13-14(17-7-16-9)19(8-18-13)12-5-10(20)11(25-12)6-24-26(21,22)15(2,3)23-4/h7-8,10-12,20H,5-6H2,1-4H3,(H,21,22)/t10-,11+,12?/m0/s1. The van der Waals surface area contributed by atoms with Gasteiger partial charge >= 0.3 is 7.60 Å². The van der Waals surface area contributed by atoms with Gasteiger partial charge in [-0.15, -0.1) is 0 Å². The second kappa shape index (κ2) is 6.95. The van der Waals surface area contributed by atoms with Gasteiger partial charge in [0, 0.05) is 13.5 Å². The number of aliphatic hydroxyl groups excluding tert-OH is 1. The van der Waals surface area contributed by atoms with Crippen molar-refractivity contribution in [2.24, 2.45) is 0 Å². The highest BCUT2D eigenvalue weighted by Crippen LogP contribution is 2.55. The lowest BCUT2D eigenvalue weighted by atomic mass is 10.2. The number of fused-ring (bicyclic) bond motifs is 1. The molecule has 1 aliphatic heterocycles. The number of nitrogens with zero attached hydrogens (tertiary/aromatic N) is 4. The van der Waals surface area contributed by atoms with Crippen molar-refractivity contribution in [3.63, 3.8) is 0 Å². The van der Waals surface area contributed by atoms with E-state index in [-0.39, 0.29) is 13.0 Å². The minimum absolute atomic E-state index is 0.237. The molecule has 2 aromatic rings. The molecule has 1 fully saturated rings. The average Bonchev–Trinajstić information content (AvgIpc) is 3.17. The summed E-state index contributed by atoms with van der Waals surface area (Å²) in [6.45, 7) is 4.52. The van der Waals surface area contributed by atoms with Crippen LogP contribution in [0, 0.1) is 6.92 Å². The fourth-order valence-electron chi connectivity index (χ4n) is 2.66. The summed E-state index contributed by atoms with van der Waals surface area (Å²) in [5, 5.41) is 8.91. The van der Waals surface area contributed by atoms with Gasteiger partial charge in [-0.1, -0.05) is 0 Å². The predicted octanol–water partition coefficient (Wildman–Crippen LogP) is 1.37. The Morgan fingerprint density at radius 2 is 2.15 bits per heavy atom. The summed E-state index contributed by atoms with van der Waals surface area (Å²) in [5.74, 6) is 0. The predicted molar refractivity (Wildman–Crippen MR) is 91.5 cm³/mol. The van der Waals surface area contributed by atoms with Gasteiger partial charge in [0.2, 0.25) is 0 Å². The van der Waals surface area contributed by atoms with E-state index in [0.717, 1.165) is 5.69 Å². The topological polar surface area (TPSA) is 129 Å². The molecule has 0 radical (unpaired) electrons. The Balaban J connectivity index is 1.72. The second-order valence-corrected chi connectivity index (χ2v) is 9.06. The molecule has 0 bridgehead atoms. The molecule has 144 valence electrons. The van der Waals surface area contributed by atoms with E-state index in [0.29, 0.717) is 11.2 Å². The second-order valence-electron chi connectivity index (χ2n) is 6.68. The Morgan fingerprint density at radius 1 is 1.42 bits per heavy atom. The van der Waals surface area contributed by atoms with E-state index >= 15 is 0 Å². The zero-order chi connectivity index (χ0) is 19.1. The van der Waals surface area contributed by atoms with Crippen LogP contribution in [0.15, 0.2) is 12.7 Å². The fraction of sp³-hybridized carbons (Fsp3) is 0.667. The van der Waals surface area contributed by atoms with Crippen LogP contribution in [0.25, 0.3) is 11.2 Å². The minimum atomic E-state index is -4.05. The third-order valence-electron chi connectivity index (χ3n) is 4.65. The molecule has 3 heterocycles. The molecule has 2 N–H and O–H groups in total. The van der Waals surface area contributed by atoms with Gasteiger partial charge < -0.3 is 24.0 Å². The lowest BCUT2D eigenvalue weighted by molar-refractivity contribution is -0.0439. The van der Waals surface area contributed by atoms with Crippen molar-refractivity contribution < 1.29 is 28.6 Å². The first-order valence-electron chi connectivity index (χ1n) is 8.16. The summed E-state index contributed by atoms with van der Waals surface area (Å²) in [6, 6.07) is 0. The van der Waals surface area contributed by atoms with Crippen LogP contribution < -0.4 is 0 Å². The SMILES string of the molecule is COC(C)(C)P(=O)(O)OC[C@H]1OC(n2cnc3c(C)ncnc32)C[C@@H]1O. The van der Waals surface area contributed by atoms with Crippen LogP contribution >= 0.6 is 7.60 Å². The van der Waals surface area contributed by atoms with E-state index in [9.17, 15) is 14.6 Å². The lowest BCUT2D eigenvalue weighted by Gasteiger charge is -2.29. The van der Waals surface area contributed by atoms with E-state index < -0.39 is 31.4 Å². The number of imidazole rings is 1. The van der Waals surface area contributed by atoms with Crippen molar-refractivity contribution in [1.29, 1.82) is 0 Å². The minimum Gasteiger partial charge on any atom is -0.390 e. The van der Waals surface area contributed by atoms with Crippen molar-refractivity contribution in [2.75, 3.05) is 13.7 Å². The maximum atomic E-state index is 12.3. The molecule has 1 saturated heterocycles. The number of ether oxygens (including phenoxy) is 2. The van der Waals surface area contributed by atoms with E-state index in [1.54, 1.807) is 10.9 Å². The Labute approximate surface area is 150 Å². The number of aryl methyl sites for hydroxylation is 1. The van der Waals surface area contributed by atoms with E-state index in [4.69, 9.17) is 14.0 Å². The molecule has 0 amide bonds. The Hall–Kier alpha value is -1.42.